The quantitative estimate of drug-likeness (QED) is 0.768. The number of hydrogen-bond acceptors (Lipinski definition) is 2. The van der Waals surface area contributed by atoms with Crippen LogP contribution in [0.1, 0.15) is 42.6 Å². The number of benzene rings is 2. The summed E-state index contributed by atoms with van der Waals surface area (Å²) in [5, 5.41) is 6.40. The first-order chi connectivity index (χ1) is 12.0. The van der Waals surface area contributed by atoms with Gasteiger partial charge >= 0.3 is 0 Å². The summed E-state index contributed by atoms with van der Waals surface area (Å²) in [6, 6.07) is 14.6. The fourth-order valence-corrected chi connectivity index (χ4v) is 2.59. The van der Waals surface area contributed by atoms with Crippen molar-refractivity contribution < 1.29 is 9.59 Å². The summed E-state index contributed by atoms with van der Waals surface area (Å²) in [4.78, 5) is 24.6. The molecule has 0 saturated carbocycles. The van der Waals surface area contributed by atoms with E-state index in [1.807, 2.05) is 38.1 Å². The lowest BCUT2D eigenvalue weighted by Gasteiger charge is -2.14. The smallest absolute Gasteiger partial charge is 0.253 e. The van der Waals surface area contributed by atoms with Crippen LogP contribution in [0.3, 0.4) is 0 Å². The molecule has 4 nitrogen and oxygen atoms in total. The Hall–Kier alpha value is -2.33. The monoisotopic (exact) mass is 358 g/mol. The molecule has 0 aromatic heterocycles. The van der Waals surface area contributed by atoms with Gasteiger partial charge in [-0.2, -0.15) is 0 Å². The molecule has 0 aliphatic rings. The van der Waals surface area contributed by atoms with E-state index in [-0.39, 0.29) is 17.9 Å². The standard InChI is InChI=1S/C20H23ClN2O2/c1-3-14(2)22-20(25)16-9-5-7-11-18(16)23-19(24)13-12-15-8-4-6-10-17(15)21/h4-11,14H,3,12-13H2,1-2H3,(H,22,25)(H,23,24). The molecule has 0 spiro atoms. The molecule has 2 N–H and O–H groups in total. The summed E-state index contributed by atoms with van der Waals surface area (Å²) in [5.41, 5.74) is 1.92. The lowest BCUT2D eigenvalue weighted by Crippen LogP contribution is -2.32. The molecule has 25 heavy (non-hydrogen) atoms. The Morgan fingerprint density at radius 3 is 2.48 bits per heavy atom. The van der Waals surface area contributed by atoms with Crippen LogP contribution in [0.2, 0.25) is 5.02 Å². The molecule has 0 fully saturated rings. The van der Waals surface area contributed by atoms with Gasteiger partial charge in [0.05, 0.1) is 11.3 Å². The number of amides is 2. The number of aryl methyl sites for hydroxylation is 1. The first-order valence-corrected chi connectivity index (χ1v) is 8.82. The summed E-state index contributed by atoms with van der Waals surface area (Å²) in [6.45, 7) is 3.95. The van der Waals surface area contributed by atoms with Gasteiger partial charge in [-0.05, 0) is 43.5 Å². The highest BCUT2D eigenvalue weighted by molar-refractivity contribution is 6.31. The van der Waals surface area contributed by atoms with Gasteiger partial charge in [0.15, 0.2) is 0 Å². The van der Waals surface area contributed by atoms with Crippen molar-refractivity contribution in [2.45, 2.75) is 39.2 Å². The molecular weight excluding hydrogens is 336 g/mol. The van der Waals surface area contributed by atoms with Crippen molar-refractivity contribution in [1.82, 2.24) is 5.32 Å². The van der Waals surface area contributed by atoms with Crippen molar-refractivity contribution in [3.63, 3.8) is 0 Å². The first-order valence-electron chi connectivity index (χ1n) is 8.44. The molecule has 2 aromatic rings. The zero-order valence-electron chi connectivity index (χ0n) is 14.5. The van der Waals surface area contributed by atoms with Gasteiger partial charge in [0.2, 0.25) is 5.91 Å². The van der Waals surface area contributed by atoms with Crippen LogP contribution in [0.25, 0.3) is 0 Å². The topological polar surface area (TPSA) is 58.2 Å². The van der Waals surface area contributed by atoms with Crippen molar-refractivity contribution in [2.24, 2.45) is 0 Å². The number of nitrogens with one attached hydrogen (secondary N) is 2. The number of carbonyl (C=O) groups excluding carboxylic acids is 2. The third-order valence-electron chi connectivity index (χ3n) is 4.01. The van der Waals surface area contributed by atoms with Crippen molar-refractivity contribution in [2.75, 3.05) is 5.32 Å². The summed E-state index contributed by atoms with van der Waals surface area (Å²) in [6.07, 6.45) is 1.69. The van der Waals surface area contributed by atoms with Crippen LogP contribution < -0.4 is 10.6 Å². The molecule has 0 aliphatic heterocycles. The molecule has 0 heterocycles. The first kappa shape index (κ1) is 19.0. The molecule has 2 amide bonds. The van der Waals surface area contributed by atoms with Crippen LogP contribution in [-0.2, 0) is 11.2 Å². The highest BCUT2D eigenvalue weighted by Gasteiger charge is 2.14. The van der Waals surface area contributed by atoms with Gasteiger partial charge in [0.1, 0.15) is 0 Å². The van der Waals surface area contributed by atoms with E-state index in [0.717, 1.165) is 12.0 Å². The molecular formula is C20H23ClN2O2. The predicted molar refractivity (Wildman–Crippen MR) is 102 cm³/mol. The van der Waals surface area contributed by atoms with E-state index in [1.54, 1.807) is 24.3 Å². The number of para-hydroxylation sites is 1. The summed E-state index contributed by atoms with van der Waals surface area (Å²) >= 11 is 6.11. The lowest BCUT2D eigenvalue weighted by molar-refractivity contribution is -0.116. The highest BCUT2D eigenvalue weighted by Crippen LogP contribution is 2.18. The van der Waals surface area contributed by atoms with E-state index in [2.05, 4.69) is 10.6 Å². The second-order valence-corrected chi connectivity index (χ2v) is 6.38. The van der Waals surface area contributed by atoms with Gasteiger partial charge in [0, 0.05) is 17.5 Å². The minimum atomic E-state index is -0.184. The molecule has 0 radical (unpaired) electrons. The molecule has 2 aromatic carbocycles. The number of carbonyl (C=O) groups is 2. The van der Waals surface area contributed by atoms with Gasteiger partial charge in [-0.25, -0.2) is 0 Å². The van der Waals surface area contributed by atoms with E-state index in [9.17, 15) is 9.59 Å². The van der Waals surface area contributed by atoms with Gasteiger partial charge in [-0.3, -0.25) is 9.59 Å². The van der Waals surface area contributed by atoms with Crippen LogP contribution in [0.4, 0.5) is 5.69 Å². The number of halogens is 1. The average Bonchev–Trinajstić information content (AvgIpc) is 2.61. The maximum Gasteiger partial charge on any atom is 0.253 e. The Morgan fingerprint density at radius 2 is 1.76 bits per heavy atom. The van der Waals surface area contributed by atoms with Crippen molar-refractivity contribution >= 4 is 29.1 Å². The molecule has 1 atom stereocenters. The van der Waals surface area contributed by atoms with Crippen LogP contribution in [0.15, 0.2) is 48.5 Å². The Balaban J connectivity index is 2.01. The number of anilines is 1. The fourth-order valence-electron chi connectivity index (χ4n) is 2.36. The van der Waals surface area contributed by atoms with Crippen molar-refractivity contribution in [3.05, 3.63) is 64.7 Å². The zero-order valence-corrected chi connectivity index (χ0v) is 15.3. The van der Waals surface area contributed by atoms with Crippen molar-refractivity contribution in [3.8, 4) is 0 Å². The predicted octanol–water partition coefficient (Wildman–Crippen LogP) is 4.44. The van der Waals surface area contributed by atoms with Gasteiger partial charge in [-0.1, -0.05) is 48.9 Å². The molecule has 0 bridgehead atoms. The Labute approximate surface area is 153 Å². The summed E-state index contributed by atoms with van der Waals surface area (Å²) in [7, 11) is 0. The minimum absolute atomic E-state index is 0.0801. The van der Waals surface area contributed by atoms with E-state index in [4.69, 9.17) is 11.6 Å². The third-order valence-corrected chi connectivity index (χ3v) is 4.38. The number of rotatable bonds is 7. The molecule has 2 rings (SSSR count). The molecule has 5 heteroatoms. The zero-order chi connectivity index (χ0) is 18.2. The lowest BCUT2D eigenvalue weighted by atomic mass is 10.1. The van der Waals surface area contributed by atoms with Gasteiger partial charge in [0.25, 0.3) is 5.91 Å². The summed E-state index contributed by atoms with van der Waals surface area (Å²) in [5.74, 6) is -0.333. The van der Waals surface area contributed by atoms with Crippen LogP contribution in [-0.4, -0.2) is 17.9 Å². The normalized spacial score (nSPS) is 11.6. The van der Waals surface area contributed by atoms with E-state index < -0.39 is 0 Å². The number of hydrogen-bond donors (Lipinski definition) is 2. The largest absolute Gasteiger partial charge is 0.350 e. The van der Waals surface area contributed by atoms with E-state index in [1.165, 1.54) is 0 Å². The average molecular weight is 359 g/mol. The van der Waals surface area contributed by atoms with E-state index >= 15 is 0 Å². The minimum Gasteiger partial charge on any atom is -0.350 e. The van der Waals surface area contributed by atoms with Crippen molar-refractivity contribution in [1.29, 1.82) is 0 Å². The highest BCUT2D eigenvalue weighted by atomic mass is 35.5. The van der Waals surface area contributed by atoms with Gasteiger partial charge in [-0.15, -0.1) is 0 Å². The maximum absolute atomic E-state index is 12.4. The SMILES string of the molecule is CCC(C)NC(=O)c1ccccc1NC(=O)CCc1ccccc1Cl. The molecule has 0 aliphatic carbocycles. The van der Waals surface area contributed by atoms with Crippen LogP contribution >= 0.6 is 11.6 Å². The Morgan fingerprint density at radius 1 is 1.08 bits per heavy atom. The molecule has 0 saturated heterocycles. The van der Waals surface area contributed by atoms with Gasteiger partial charge < -0.3 is 10.6 Å². The Bertz CT molecular complexity index is 746. The Kier molecular flexibility index (Phi) is 7.02. The summed E-state index contributed by atoms with van der Waals surface area (Å²) < 4.78 is 0. The second-order valence-electron chi connectivity index (χ2n) is 5.97. The fraction of sp³-hybridized carbons (Fsp3) is 0.300. The maximum atomic E-state index is 12.4. The van der Waals surface area contributed by atoms with E-state index in [0.29, 0.717) is 29.1 Å². The second kappa shape index (κ2) is 9.23. The third kappa shape index (κ3) is 5.61. The van der Waals surface area contributed by atoms with Crippen LogP contribution in [0, 0.1) is 0 Å². The molecule has 132 valence electrons. The van der Waals surface area contributed by atoms with Crippen LogP contribution in [0.5, 0.6) is 0 Å². The molecule has 1 unspecified atom stereocenters.